The molecular formula is C15H24FN3O. The molecule has 2 N–H and O–H groups in total. The van der Waals surface area contributed by atoms with Crippen molar-refractivity contribution in [3.63, 3.8) is 0 Å². The van der Waals surface area contributed by atoms with Crippen molar-refractivity contribution in [3.05, 3.63) is 30.1 Å². The van der Waals surface area contributed by atoms with Crippen LogP contribution < -0.4 is 15.4 Å². The Morgan fingerprint density at radius 2 is 1.85 bits per heavy atom. The van der Waals surface area contributed by atoms with E-state index in [1.165, 1.54) is 6.07 Å². The Hall–Kier alpha value is -1.78. The van der Waals surface area contributed by atoms with E-state index in [2.05, 4.69) is 15.6 Å². The molecule has 0 amide bonds. The van der Waals surface area contributed by atoms with E-state index in [0.29, 0.717) is 6.54 Å². The second-order valence-corrected chi connectivity index (χ2v) is 4.33. The van der Waals surface area contributed by atoms with Crippen molar-refractivity contribution >= 4 is 5.96 Å². The van der Waals surface area contributed by atoms with Crippen LogP contribution in [0.4, 0.5) is 4.39 Å². The number of rotatable bonds is 7. The molecule has 1 aromatic carbocycles. The summed E-state index contributed by atoms with van der Waals surface area (Å²) in [7, 11) is 0. The molecule has 0 aliphatic rings. The third-order valence-electron chi connectivity index (χ3n) is 2.73. The Balaban J connectivity index is 2.62. The van der Waals surface area contributed by atoms with Gasteiger partial charge in [0.1, 0.15) is 6.10 Å². The quantitative estimate of drug-likeness (QED) is 0.596. The molecule has 0 aliphatic heterocycles. The zero-order chi connectivity index (χ0) is 14.8. The van der Waals surface area contributed by atoms with Crippen LogP contribution in [0.15, 0.2) is 29.3 Å². The first-order valence-corrected chi connectivity index (χ1v) is 7.14. The standard InChI is InChI=1S/C15H24FN3O/c1-4-12(11-19-15(17-5-2)18-6-3)20-14-10-8-7-9-13(14)16/h7-10,12H,4-6,11H2,1-3H3,(H2,17,18,19). The predicted molar refractivity (Wildman–Crippen MR) is 80.8 cm³/mol. The molecule has 112 valence electrons. The van der Waals surface area contributed by atoms with Gasteiger partial charge in [-0.1, -0.05) is 19.1 Å². The van der Waals surface area contributed by atoms with Crippen molar-refractivity contribution in [3.8, 4) is 5.75 Å². The van der Waals surface area contributed by atoms with E-state index in [-0.39, 0.29) is 17.7 Å². The molecule has 0 saturated heterocycles. The van der Waals surface area contributed by atoms with Gasteiger partial charge in [-0.3, -0.25) is 0 Å². The number of nitrogens with zero attached hydrogens (tertiary/aromatic N) is 1. The lowest BCUT2D eigenvalue weighted by atomic mass is 10.2. The fraction of sp³-hybridized carbons (Fsp3) is 0.533. The highest BCUT2D eigenvalue weighted by molar-refractivity contribution is 5.79. The van der Waals surface area contributed by atoms with Gasteiger partial charge in [-0.05, 0) is 32.4 Å². The van der Waals surface area contributed by atoms with E-state index < -0.39 is 0 Å². The van der Waals surface area contributed by atoms with Crippen LogP contribution in [0.3, 0.4) is 0 Å². The van der Waals surface area contributed by atoms with Crippen molar-refractivity contribution in [1.82, 2.24) is 10.6 Å². The van der Waals surface area contributed by atoms with Gasteiger partial charge in [-0.25, -0.2) is 9.38 Å². The summed E-state index contributed by atoms with van der Waals surface area (Å²) >= 11 is 0. The summed E-state index contributed by atoms with van der Waals surface area (Å²) in [4.78, 5) is 4.45. The van der Waals surface area contributed by atoms with Crippen molar-refractivity contribution in [1.29, 1.82) is 0 Å². The van der Waals surface area contributed by atoms with Gasteiger partial charge < -0.3 is 15.4 Å². The number of aliphatic imine (C=N–C) groups is 1. The largest absolute Gasteiger partial charge is 0.485 e. The molecule has 0 radical (unpaired) electrons. The van der Waals surface area contributed by atoms with Gasteiger partial charge in [0.15, 0.2) is 17.5 Å². The van der Waals surface area contributed by atoms with Gasteiger partial charge >= 0.3 is 0 Å². The van der Waals surface area contributed by atoms with Crippen LogP contribution in [-0.4, -0.2) is 31.7 Å². The first-order chi connectivity index (χ1) is 9.71. The molecule has 20 heavy (non-hydrogen) atoms. The van der Waals surface area contributed by atoms with Crippen molar-refractivity contribution < 1.29 is 9.13 Å². The molecule has 1 rings (SSSR count). The Kier molecular flexibility index (Phi) is 7.47. The van der Waals surface area contributed by atoms with E-state index in [1.807, 2.05) is 20.8 Å². The number of nitrogens with one attached hydrogen (secondary N) is 2. The number of guanidine groups is 1. The average molecular weight is 281 g/mol. The molecule has 0 spiro atoms. The van der Waals surface area contributed by atoms with Gasteiger partial charge in [0.2, 0.25) is 0 Å². The zero-order valence-corrected chi connectivity index (χ0v) is 12.4. The van der Waals surface area contributed by atoms with E-state index in [0.717, 1.165) is 25.5 Å². The van der Waals surface area contributed by atoms with Crippen molar-refractivity contribution in [2.45, 2.75) is 33.3 Å². The van der Waals surface area contributed by atoms with Crippen molar-refractivity contribution in [2.24, 2.45) is 4.99 Å². The normalized spacial score (nSPS) is 11.6. The lowest BCUT2D eigenvalue weighted by molar-refractivity contribution is 0.196. The minimum Gasteiger partial charge on any atom is -0.485 e. The summed E-state index contributed by atoms with van der Waals surface area (Å²) < 4.78 is 19.2. The smallest absolute Gasteiger partial charge is 0.191 e. The molecule has 0 saturated carbocycles. The Labute approximate surface area is 120 Å². The Morgan fingerprint density at radius 3 is 2.40 bits per heavy atom. The average Bonchev–Trinajstić information content (AvgIpc) is 2.45. The number of hydrogen-bond donors (Lipinski definition) is 2. The molecule has 5 heteroatoms. The van der Waals surface area contributed by atoms with Gasteiger partial charge in [0, 0.05) is 13.1 Å². The number of halogens is 1. The lowest BCUT2D eigenvalue weighted by Gasteiger charge is -2.17. The third kappa shape index (κ3) is 5.47. The topological polar surface area (TPSA) is 45.7 Å². The minimum absolute atomic E-state index is 0.140. The maximum absolute atomic E-state index is 13.5. The molecule has 1 atom stereocenters. The van der Waals surface area contributed by atoms with Crippen LogP contribution in [0, 0.1) is 5.82 Å². The summed E-state index contributed by atoms with van der Waals surface area (Å²) in [5.41, 5.74) is 0. The lowest BCUT2D eigenvalue weighted by Crippen LogP contribution is -2.38. The number of ether oxygens (including phenoxy) is 1. The molecule has 0 fully saturated rings. The highest BCUT2D eigenvalue weighted by atomic mass is 19.1. The van der Waals surface area contributed by atoms with E-state index in [4.69, 9.17) is 4.74 Å². The van der Waals surface area contributed by atoms with Crippen LogP contribution >= 0.6 is 0 Å². The molecule has 0 aromatic heterocycles. The monoisotopic (exact) mass is 281 g/mol. The van der Waals surface area contributed by atoms with Crippen LogP contribution in [0.25, 0.3) is 0 Å². The summed E-state index contributed by atoms with van der Waals surface area (Å²) in [6.07, 6.45) is 0.628. The first-order valence-electron chi connectivity index (χ1n) is 7.14. The fourth-order valence-corrected chi connectivity index (χ4v) is 1.67. The highest BCUT2D eigenvalue weighted by Crippen LogP contribution is 2.18. The molecule has 0 aliphatic carbocycles. The second-order valence-electron chi connectivity index (χ2n) is 4.33. The molecule has 4 nitrogen and oxygen atoms in total. The summed E-state index contributed by atoms with van der Waals surface area (Å²) in [6, 6.07) is 6.44. The zero-order valence-electron chi connectivity index (χ0n) is 12.4. The van der Waals surface area contributed by atoms with Gasteiger partial charge in [0.25, 0.3) is 0 Å². The minimum atomic E-state index is -0.339. The number of para-hydroxylation sites is 1. The van der Waals surface area contributed by atoms with Crippen LogP contribution in [0.2, 0.25) is 0 Å². The molecule has 0 heterocycles. The fourth-order valence-electron chi connectivity index (χ4n) is 1.67. The van der Waals surface area contributed by atoms with E-state index >= 15 is 0 Å². The predicted octanol–water partition coefficient (Wildman–Crippen LogP) is 2.56. The van der Waals surface area contributed by atoms with Crippen LogP contribution in [0.1, 0.15) is 27.2 Å². The van der Waals surface area contributed by atoms with Gasteiger partial charge in [-0.2, -0.15) is 0 Å². The molecular weight excluding hydrogens is 257 g/mol. The number of hydrogen-bond acceptors (Lipinski definition) is 2. The van der Waals surface area contributed by atoms with Gasteiger partial charge in [0.05, 0.1) is 6.54 Å². The third-order valence-corrected chi connectivity index (χ3v) is 2.73. The SMILES string of the molecule is CCNC(=NCC(CC)Oc1ccccc1F)NCC. The van der Waals surface area contributed by atoms with Crippen LogP contribution in [-0.2, 0) is 0 Å². The maximum atomic E-state index is 13.5. The second kappa shape index (κ2) is 9.18. The van der Waals surface area contributed by atoms with E-state index in [9.17, 15) is 4.39 Å². The molecule has 1 unspecified atom stereocenters. The van der Waals surface area contributed by atoms with Gasteiger partial charge in [-0.15, -0.1) is 0 Å². The van der Waals surface area contributed by atoms with Crippen molar-refractivity contribution in [2.75, 3.05) is 19.6 Å². The Morgan fingerprint density at radius 1 is 1.20 bits per heavy atom. The summed E-state index contributed by atoms with van der Waals surface area (Å²) in [6.45, 7) is 8.12. The Bertz CT molecular complexity index is 415. The summed E-state index contributed by atoms with van der Waals surface area (Å²) in [5, 5.41) is 6.29. The number of benzene rings is 1. The molecule has 0 bridgehead atoms. The van der Waals surface area contributed by atoms with Crippen LogP contribution in [0.5, 0.6) is 5.75 Å². The highest BCUT2D eigenvalue weighted by Gasteiger charge is 2.11. The molecule has 1 aromatic rings. The first kappa shape index (κ1) is 16.3. The maximum Gasteiger partial charge on any atom is 0.191 e. The van der Waals surface area contributed by atoms with E-state index in [1.54, 1.807) is 18.2 Å². The summed E-state index contributed by atoms with van der Waals surface area (Å²) in [5.74, 6) is 0.696.